The third-order valence-electron chi connectivity index (χ3n) is 6.22. The topological polar surface area (TPSA) is 88.6 Å². The van der Waals surface area contributed by atoms with Crippen molar-refractivity contribution in [2.45, 2.75) is 38.1 Å². The van der Waals surface area contributed by atoms with E-state index in [1.807, 2.05) is 23.1 Å². The number of aromatic nitrogens is 1. The Balaban J connectivity index is 1.22. The molecule has 1 N–H and O–H groups in total. The molecule has 5 rings (SSSR count). The Morgan fingerprint density at radius 3 is 2.77 bits per heavy atom. The molecule has 0 unspecified atom stereocenters. The van der Waals surface area contributed by atoms with Crippen molar-refractivity contribution in [3.8, 4) is 5.75 Å². The summed E-state index contributed by atoms with van der Waals surface area (Å²) in [6.45, 7) is 0.696. The van der Waals surface area contributed by atoms with Gasteiger partial charge in [-0.25, -0.2) is 4.98 Å². The normalized spacial score (nSPS) is 24.6. The molecule has 1 saturated heterocycles. The van der Waals surface area contributed by atoms with Gasteiger partial charge in [0.25, 0.3) is 5.91 Å². The number of likely N-dealkylation sites (tertiary alicyclic amines) is 1. The summed E-state index contributed by atoms with van der Waals surface area (Å²) in [5, 5.41) is 3.09. The van der Waals surface area contributed by atoms with E-state index in [1.54, 1.807) is 12.1 Å². The van der Waals surface area contributed by atoms with E-state index < -0.39 is 0 Å². The van der Waals surface area contributed by atoms with Gasteiger partial charge in [-0.3, -0.25) is 19.7 Å². The van der Waals surface area contributed by atoms with E-state index in [1.165, 1.54) is 17.8 Å². The number of rotatable bonds is 5. The number of anilines is 1. The molecule has 7 nitrogen and oxygen atoms in total. The average molecular weight is 426 g/mol. The van der Waals surface area contributed by atoms with Gasteiger partial charge >= 0.3 is 0 Å². The van der Waals surface area contributed by atoms with Crippen LogP contribution in [0.5, 0.6) is 5.75 Å². The van der Waals surface area contributed by atoms with Crippen molar-refractivity contribution in [3.05, 3.63) is 40.9 Å². The summed E-state index contributed by atoms with van der Waals surface area (Å²) < 4.78 is 5.44. The van der Waals surface area contributed by atoms with E-state index in [9.17, 15) is 14.4 Å². The molecule has 2 amide bonds. The first-order valence-electron chi connectivity index (χ1n) is 10.4. The molecule has 2 heterocycles. The molecule has 2 bridgehead atoms. The van der Waals surface area contributed by atoms with Crippen molar-refractivity contribution in [1.82, 2.24) is 9.88 Å². The number of carbonyl (C=O) groups is 3. The molecule has 0 radical (unpaired) electrons. The summed E-state index contributed by atoms with van der Waals surface area (Å²) >= 11 is 1.18. The van der Waals surface area contributed by atoms with Crippen molar-refractivity contribution in [2.24, 2.45) is 11.8 Å². The lowest BCUT2D eigenvalue weighted by Gasteiger charge is -2.31. The van der Waals surface area contributed by atoms with Crippen molar-refractivity contribution in [3.63, 3.8) is 0 Å². The molecule has 3 atom stereocenters. The molecule has 3 aliphatic rings. The van der Waals surface area contributed by atoms with Crippen LogP contribution in [-0.4, -0.2) is 46.7 Å². The highest BCUT2D eigenvalue weighted by Gasteiger charge is 2.44. The Bertz CT molecular complexity index is 990. The monoisotopic (exact) mass is 425 g/mol. The number of ketones is 1. The third-order valence-corrected chi connectivity index (χ3v) is 7.28. The third kappa shape index (κ3) is 3.71. The van der Waals surface area contributed by atoms with Gasteiger partial charge in [-0.15, -0.1) is 0 Å². The summed E-state index contributed by atoms with van der Waals surface area (Å²) in [4.78, 5) is 44.8. The van der Waals surface area contributed by atoms with Gasteiger partial charge in [0.2, 0.25) is 5.91 Å². The van der Waals surface area contributed by atoms with E-state index in [-0.39, 0.29) is 36.5 Å². The number of nitrogens with one attached hydrogen (secondary N) is 1. The van der Waals surface area contributed by atoms with Gasteiger partial charge in [-0.2, -0.15) is 0 Å². The lowest BCUT2D eigenvalue weighted by molar-refractivity contribution is -0.137. The number of benzene rings is 1. The molecule has 2 fully saturated rings. The second kappa shape index (κ2) is 7.83. The van der Waals surface area contributed by atoms with Gasteiger partial charge in [0.15, 0.2) is 17.5 Å². The highest BCUT2D eigenvalue weighted by molar-refractivity contribution is 7.17. The number of amides is 2. The maximum Gasteiger partial charge on any atom is 0.264 e. The zero-order valence-electron chi connectivity index (χ0n) is 16.5. The predicted molar refractivity (Wildman–Crippen MR) is 112 cm³/mol. The first-order chi connectivity index (χ1) is 14.6. The zero-order chi connectivity index (χ0) is 20.7. The zero-order valence-corrected chi connectivity index (χ0v) is 17.3. The van der Waals surface area contributed by atoms with Crippen LogP contribution in [0.25, 0.3) is 0 Å². The molecular formula is C22H23N3O4S. The van der Waals surface area contributed by atoms with Crippen LogP contribution in [0.15, 0.2) is 30.3 Å². The van der Waals surface area contributed by atoms with E-state index in [2.05, 4.69) is 10.3 Å². The Morgan fingerprint density at radius 1 is 1.20 bits per heavy atom. The van der Waals surface area contributed by atoms with E-state index in [4.69, 9.17) is 4.74 Å². The molecule has 156 valence electrons. The summed E-state index contributed by atoms with van der Waals surface area (Å²) in [5.41, 5.74) is 0.623. The van der Waals surface area contributed by atoms with Gasteiger partial charge in [-0.1, -0.05) is 29.5 Å². The predicted octanol–water partition coefficient (Wildman–Crippen LogP) is 2.92. The standard InChI is InChI=1S/C22H23N3O4S/c26-18-10-14(21(28)25-11-13-6-7-15(25)8-13)9-17-20(18)30-22(23-17)24-19(27)12-29-16-4-2-1-3-5-16/h1-5,13-15H,6-12H2,(H,23,24,27)/t13-,14-,15+/m0/s1. The van der Waals surface area contributed by atoms with Crippen LogP contribution < -0.4 is 10.1 Å². The molecule has 2 aromatic rings. The second-order valence-electron chi connectivity index (χ2n) is 8.30. The van der Waals surface area contributed by atoms with Gasteiger partial charge in [0.05, 0.1) is 16.5 Å². The Hall–Kier alpha value is -2.74. The molecule has 1 aliphatic heterocycles. The fraction of sp³-hybridized carbons (Fsp3) is 0.455. The van der Waals surface area contributed by atoms with Crippen LogP contribution in [0, 0.1) is 11.8 Å². The maximum absolute atomic E-state index is 13.0. The van der Waals surface area contributed by atoms with Crippen LogP contribution in [-0.2, 0) is 16.0 Å². The average Bonchev–Trinajstić information content (AvgIpc) is 3.48. The number of ether oxygens (including phenoxy) is 1. The van der Waals surface area contributed by atoms with Crippen molar-refractivity contribution < 1.29 is 19.1 Å². The van der Waals surface area contributed by atoms with Crippen molar-refractivity contribution >= 4 is 34.1 Å². The fourth-order valence-electron chi connectivity index (χ4n) is 4.81. The first-order valence-corrected chi connectivity index (χ1v) is 11.2. The summed E-state index contributed by atoms with van der Waals surface area (Å²) in [6.07, 6.45) is 4.09. The minimum Gasteiger partial charge on any atom is -0.484 e. The highest BCUT2D eigenvalue weighted by Crippen LogP contribution is 2.40. The minimum atomic E-state index is -0.337. The Labute approximate surface area is 178 Å². The number of hydrogen-bond acceptors (Lipinski definition) is 6. The number of thiazole rings is 1. The van der Waals surface area contributed by atoms with Gasteiger partial charge < -0.3 is 9.64 Å². The fourth-order valence-corrected chi connectivity index (χ4v) is 5.77. The smallest absolute Gasteiger partial charge is 0.264 e. The molecule has 30 heavy (non-hydrogen) atoms. The van der Waals surface area contributed by atoms with E-state index in [0.717, 1.165) is 19.4 Å². The number of nitrogens with zero attached hydrogens (tertiary/aromatic N) is 2. The summed E-state index contributed by atoms with van der Waals surface area (Å²) in [6, 6.07) is 9.44. The number of hydrogen-bond donors (Lipinski definition) is 1. The number of para-hydroxylation sites is 1. The number of fused-ring (bicyclic) bond motifs is 3. The van der Waals surface area contributed by atoms with E-state index >= 15 is 0 Å². The first kappa shape index (κ1) is 19.2. The summed E-state index contributed by atoms with van der Waals surface area (Å²) in [7, 11) is 0. The van der Waals surface area contributed by atoms with Crippen molar-refractivity contribution in [1.29, 1.82) is 0 Å². The number of piperidine rings is 1. The van der Waals surface area contributed by atoms with Crippen LogP contribution >= 0.6 is 11.3 Å². The van der Waals surface area contributed by atoms with Crippen LogP contribution in [0.2, 0.25) is 0 Å². The number of carbonyl (C=O) groups excluding carboxylic acids is 3. The lowest BCUT2D eigenvalue weighted by atomic mass is 9.88. The Kier molecular flexibility index (Phi) is 5.02. The molecule has 0 spiro atoms. The number of Topliss-reactive ketones (excluding diaryl/α,β-unsaturated/α-hetero) is 1. The quantitative estimate of drug-likeness (QED) is 0.796. The molecule has 1 aromatic carbocycles. The van der Waals surface area contributed by atoms with Gasteiger partial charge in [0, 0.05) is 25.4 Å². The van der Waals surface area contributed by atoms with Crippen molar-refractivity contribution in [2.75, 3.05) is 18.5 Å². The largest absolute Gasteiger partial charge is 0.484 e. The van der Waals surface area contributed by atoms with Gasteiger partial charge in [-0.05, 0) is 37.3 Å². The van der Waals surface area contributed by atoms with Crippen LogP contribution in [0.4, 0.5) is 5.13 Å². The maximum atomic E-state index is 13.0. The van der Waals surface area contributed by atoms with Gasteiger partial charge in [0.1, 0.15) is 5.75 Å². The van der Waals surface area contributed by atoms with Crippen LogP contribution in [0.1, 0.15) is 41.0 Å². The second-order valence-corrected chi connectivity index (χ2v) is 9.30. The highest BCUT2D eigenvalue weighted by atomic mass is 32.1. The minimum absolute atomic E-state index is 0.0579. The SMILES string of the molecule is O=C(COc1ccccc1)Nc1nc2c(s1)C(=O)C[C@@H](C(=O)N1C[C@H]3CC[C@@H]1C3)C2. The van der Waals surface area contributed by atoms with Crippen LogP contribution in [0.3, 0.4) is 0 Å². The summed E-state index contributed by atoms with van der Waals surface area (Å²) in [5.74, 6) is 0.606. The Morgan fingerprint density at radius 2 is 2.03 bits per heavy atom. The molecular weight excluding hydrogens is 402 g/mol. The lowest BCUT2D eigenvalue weighted by Crippen LogP contribution is -2.43. The molecule has 1 saturated carbocycles. The molecule has 2 aliphatic carbocycles. The molecule has 1 aromatic heterocycles. The molecule has 8 heteroatoms. The van der Waals surface area contributed by atoms with E-state index in [0.29, 0.717) is 39.8 Å².